The number of piperidine rings is 1. The molecular weight excluding hydrogens is 385 g/mol. The predicted molar refractivity (Wildman–Crippen MR) is 128 cm³/mol. The number of fused-ring (bicyclic) bond motifs is 7. The lowest BCUT2D eigenvalue weighted by Gasteiger charge is -2.56. The largest absolute Gasteiger partial charge is 0.357 e. The van der Waals surface area contributed by atoms with E-state index in [1.54, 1.807) is 25.7 Å². The van der Waals surface area contributed by atoms with Crippen molar-refractivity contribution in [2.75, 3.05) is 6.54 Å². The first-order valence-electron chi connectivity index (χ1n) is 13.9. The van der Waals surface area contributed by atoms with Gasteiger partial charge in [-0.1, -0.05) is 53.9 Å². The van der Waals surface area contributed by atoms with E-state index in [1.807, 2.05) is 13.8 Å². The Balaban J connectivity index is 0.000000750. The molecule has 3 heteroatoms. The molecule has 0 aromatic carbocycles. The second-order valence-electron chi connectivity index (χ2n) is 12.4. The van der Waals surface area contributed by atoms with E-state index in [-0.39, 0.29) is 10.4 Å². The van der Waals surface area contributed by atoms with E-state index >= 15 is 0 Å². The Morgan fingerprint density at radius 1 is 0.839 bits per heavy atom. The maximum atomic E-state index is 7.01. The molecule has 31 heavy (non-hydrogen) atoms. The smallest absolute Gasteiger partial charge is 0.122 e. The summed E-state index contributed by atoms with van der Waals surface area (Å²) in [7, 11) is 0. The van der Waals surface area contributed by atoms with Crippen LogP contribution < -0.4 is 5.32 Å². The highest BCUT2D eigenvalue weighted by molar-refractivity contribution is 5.15. The minimum absolute atomic E-state index is 0. The van der Waals surface area contributed by atoms with E-state index in [0.717, 1.165) is 48.0 Å². The van der Waals surface area contributed by atoms with Crippen LogP contribution in [0.2, 0.25) is 0 Å². The van der Waals surface area contributed by atoms with Crippen LogP contribution in [0.3, 0.4) is 0 Å². The van der Waals surface area contributed by atoms with E-state index in [4.69, 9.17) is 4.74 Å². The number of hydrogen-bond acceptors (Lipinski definition) is 2. The minimum atomic E-state index is 0. The molecule has 2 aliphatic heterocycles. The zero-order valence-corrected chi connectivity index (χ0v) is 21.0. The molecule has 4 aliphatic carbocycles. The zero-order chi connectivity index (χ0) is 21.1. The molecule has 6 fully saturated rings. The third kappa shape index (κ3) is 3.54. The average Bonchev–Trinajstić information content (AvgIpc) is 3.22. The third-order valence-corrected chi connectivity index (χ3v) is 11.4. The van der Waals surface area contributed by atoms with Crippen molar-refractivity contribution in [3.8, 4) is 0 Å². The summed E-state index contributed by atoms with van der Waals surface area (Å²) in [5.41, 5.74) is 0.550. The van der Waals surface area contributed by atoms with Crippen LogP contribution in [-0.2, 0) is 4.74 Å². The van der Waals surface area contributed by atoms with Gasteiger partial charge in [0.15, 0.2) is 0 Å². The molecule has 0 radical (unpaired) electrons. The molecule has 180 valence electrons. The molecule has 11 atom stereocenters. The second kappa shape index (κ2) is 8.90. The molecular formula is C28H50FNO. The van der Waals surface area contributed by atoms with Gasteiger partial charge in [-0.05, 0) is 98.2 Å². The van der Waals surface area contributed by atoms with Crippen LogP contribution in [0.25, 0.3) is 0 Å². The van der Waals surface area contributed by atoms with Gasteiger partial charge in [0.2, 0.25) is 0 Å². The summed E-state index contributed by atoms with van der Waals surface area (Å²) >= 11 is 0. The van der Waals surface area contributed by atoms with Gasteiger partial charge in [-0.25, -0.2) is 0 Å². The van der Waals surface area contributed by atoms with E-state index < -0.39 is 0 Å². The number of halogens is 1. The predicted octanol–water partition coefficient (Wildman–Crippen LogP) is 7.18. The fourth-order valence-electron chi connectivity index (χ4n) is 10.0. The first kappa shape index (κ1) is 24.0. The lowest BCUT2D eigenvalue weighted by Crippen LogP contribution is -2.56. The van der Waals surface area contributed by atoms with Crippen molar-refractivity contribution in [2.45, 2.75) is 117 Å². The zero-order valence-electron chi connectivity index (χ0n) is 21.0. The summed E-state index contributed by atoms with van der Waals surface area (Å²) in [5, 5.41) is 3.91. The molecule has 1 spiro atoms. The highest BCUT2D eigenvalue weighted by atomic mass is 19.0. The Labute approximate surface area is 191 Å². The highest BCUT2D eigenvalue weighted by Gasteiger charge is 2.67. The van der Waals surface area contributed by atoms with Crippen LogP contribution in [0.1, 0.15) is 105 Å². The van der Waals surface area contributed by atoms with Gasteiger partial charge in [-0.3, -0.25) is 10.0 Å². The van der Waals surface area contributed by atoms with Crippen LogP contribution >= 0.6 is 0 Å². The lowest BCUT2D eigenvalue weighted by atomic mass is 9.49. The van der Waals surface area contributed by atoms with Gasteiger partial charge >= 0.3 is 0 Å². The van der Waals surface area contributed by atoms with Gasteiger partial charge in [0.05, 0.1) is 6.10 Å². The Hall–Kier alpha value is -0.150. The van der Waals surface area contributed by atoms with E-state index in [0.29, 0.717) is 17.4 Å². The molecule has 2 saturated heterocycles. The van der Waals surface area contributed by atoms with Crippen LogP contribution in [0.5, 0.6) is 0 Å². The first-order chi connectivity index (χ1) is 14.5. The van der Waals surface area contributed by atoms with Crippen LogP contribution in [0.4, 0.5) is 4.70 Å². The van der Waals surface area contributed by atoms with Gasteiger partial charge < -0.3 is 4.74 Å². The van der Waals surface area contributed by atoms with Crippen LogP contribution in [0.15, 0.2) is 0 Å². The van der Waals surface area contributed by atoms with Crippen molar-refractivity contribution in [3.63, 3.8) is 0 Å². The molecule has 1 N–H and O–H groups in total. The van der Waals surface area contributed by atoms with Crippen molar-refractivity contribution >= 4 is 0 Å². The molecule has 0 aromatic heterocycles. The molecule has 6 rings (SSSR count). The van der Waals surface area contributed by atoms with Crippen molar-refractivity contribution in [1.29, 1.82) is 0 Å². The standard InChI is InChI=1S/C26H43NO.C2H6.FH/c1-16-10-13-26(27-15-16)17(2)24-23(28-26)14-22-21-9-8-18-6-4-5-7-19(18)20(21)11-12-25(22,24)3;1-2;/h16-24,27H,4-15H2,1-3H3;1-2H3;1H. The van der Waals surface area contributed by atoms with E-state index in [2.05, 4.69) is 26.1 Å². The normalized spacial score (nSPS) is 55.1. The van der Waals surface area contributed by atoms with Gasteiger partial charge in [0.25, 0.3) is 0 Å². The average molecular weight is 436 g/mol. The maximum Gasteiger partial charge on any atom is 0.122 e. The van der Waals surface area contributed by atoms with E-state index in [9.17, 15) is 0 Å². The van der Waals surface area contributed by atoms with Gasteiger partial charge in [0.1, 0.15) is 5.72 Å². The Morgan fingerprint density at radius 2 is 1.61 bits per heavy atom. The summed E-state index contributed by atoms with van der Waals surface area (Å²) in [4.78, 5) is 0. The summed E-state index contributed by atoms with van der Waals surface area (Å²) in [6.07, 6.45) is 16.7. The number of rotatable bonds is 0. The number of nitrogens with one attached hydrogen (secondary N) is 1. The van der Waals surface area contributed by atoms with Gasteiger partial charge in [-0.15, -0.1) is 0 Å². The quantitative estimate of drug-likeness (QED) is 0.435. The highest BCUT2D eigenvalue weighted by Crippen LogP contribution is 2.69. The SMILES string of the molecule is CC.CC1CCC2(NC1)OC1CC3C4CCC5CCCCC5C4CCC3(C)C1C2C.F. The molecule has 0 bridgehead atoms. The molecule has 11 unspecified atom stereocenters. The van der Waals surface area contributed by atoms with Crippen molar-refractivity contribution in [1.82, 2.24) is 5.32 Å². The fourth-order valence-corrected chi connectivity index (χ4v) is 10.0. The summed E-state index contributed by atoms with van der Waals surface area (Å²) in [6.45, 7) is 12.8. The molecule has 4 saturated carbocycles. The molecule has 0 aromatic rings. The van der Waals surface area contributed by atoms with Crippen molar-refractivity contribution < 1.29 is 9.44 Å². The Kier molecular flexibility index (Phi) is 6.88. The summed E-state index contributed by atoms with van der Waals surface area (Å²) in [5.74, 6) is 7.50. The summed E-state index contributed by atoms with van der Waals surface area (Å²) < 4.78 is 7.01. The van der Waals surface area contributed by atoms with Gasteiger partial charge in [-0.2, -0.15) is 0 Å². The topological polar surface area (TPSA) is 21.3 Å². The second-order valence-corrected chi connectivity index (χ2v) is 12.4. The summed E-state index contributed by atoms with van der Waals surface area (Å²) in [6, 6.07) is 0. The van der Waals surface area contributed by atoms with Crippen molar-refractivity contribution in [3.05, 3.63) is 0 Å². The van der Waals surface area contributed by atoms with Crippen LogP contribution in [-0.4, -0.2) is 18.4 Å². The minimum Gasteiger partial charge on any atom is -0.357 e. The molecule has 6 aliphatic rings. The number of ether oxygens (including phenoxy) is 1. The van der Waals surface area contributed by atoms with E-state index in [1.165, 1.54) is 44.9 Å². The lowest BCUT2D eigenvalue weighted by molar-refractivity contribution is -0.117. The molecule has 2 heterocycles. The van der Waals surface area contributed by atoms with Crippen LogP contribution in [0, 0.1) is 52.8 Å². The first-order valence-corrected chi connectivity index (χ1v) is 13.9. The molecule has 0 amide bonds. The monoisotopic (exact) mass is 435 g/mol. The molecule has 2 nitrogen and oxygen atoms in total. The van der Waals surface area contributed by atoms with Gasteiger partial charge in [0, 0.05) is 12.5 Å². The number of hydrogen-bond donors (Lipinski definition) is 1. The maximum absolute atomic E-state index is 7.01. The third-order valence-electron chi connectivity index (χ3n) is 11.4. The van der Waals surface area contributed by atoms with Crippen molar-refractivity contribution in [2.24, 2.45) is 52.8 Å². The fraction of sp³-hybridized carbons (Fsp3) is 1.00. The Bertz CT molecular complexity index is 616. The Morgan fingerprint density at radius 3 is 2.35 bits per heavy atom.